The number of nitrogens with zero attached hydrogens (tertiary/aromatic N) is 1. The van der Waals surface area contributed by atoms with Crippen LogP contribution in [0.5, 0.6) is 5.75 Å². The van der Waals surface area contributed by atoms with E-state index in [1.807, 2.05) is 48.5 Å². The molecule has 5 heteroatoms. The van der Waals surface area contributed by atoms with Gasteiger partial charge in [0.05, 0.1) is 0 Å². The van der Waals surface area contributed by atoms with E-state index in [0.717, 1.165) is 29.3 Å². The van der Waals surface area contributed by atoms with Crippen molar-refractivity contribution in [2.24, 2.45) is 5.92 Å². The number of amides is 1. The predicted octanol–water partition coefficient (Wildman–Crippen LogP) is 5.63. The van der Waals surface area contributed by atoms with Gasteiger partial charge in [0, 0.05) is 16.1 Å². The van der Waals surface area contributed by atoms with Crippen LogP contribution in [0.1, 0.15) is 43.7 Å². The quantitative estimate of drug-likeness (QED) is 0.456. The van der Waals surface area contributed by atoms with Crippen molar-refractivity contribution in [3.8, 4) is 11.8 Å². The van der Waals surface area contributed by atoms with Crippen molar-refractivity contribution in [1.82, 2.24) is 5.32 Å². The maximum atomic E-state index is 12.7. The third kappa shape index (κ3) is 5.95. The molecule has 0 aromatic heterocycles. The molecule has 0 spiro atoms. The highest BCUT2D eigenvalue weighted by Crippen LogP contribution is 2.25. The van der Waals surface area contributed by atoms with E-state index in [1.165, 1.54) is 6.42 Å². The molecule has 0 unspecified atom stereocenters. The second-order valence-corrected chi connectivity index (χ2v) is 8.38. The Balaban J connectivity index is 1.72. The van der Waals surface area contributed by atoms with Crippen molar-refractivity contribution in [3.63, 3.8) is 0 Å². The molecule has 1 fully saturated rings. The topological polar surface area (TPSA) is 62.1 Å². The zero-order valence-corrected chi connectivity index (χ0v) is 18.1. The molecular weight excluding hydrogens is 428 g/mol. The second-order valence-electron chi connectivity index (χ2n) is 7.46. The molecule has 150 valence electrons. The Bertz CT molecular complexity index is 915. The lowest BCUT2D eigenvalue weighted by Gasteiger charge is -2.29. The Labute approximate surface area is 180 Å². The molecule has 2 aromatic rings. The van der Waals surface area contributed by atoms with Crippen LogP contribution in [0.15, 0.2) is 58.6 Å². The van der Waals surface area contributed by atoms with Crippen molar-refractivity contribution in [3.05, 3.63) is 69.7 Å². The van der Waals surface area contributed by atoms with Gasteiger partial charge in [-0.15, -0.1) is 0 Å². The molecule has 0 aliphatic heterocycles. The SMILES string of the molecule is C[C@@H]1CCCC[C@H]1NC(=O)/C(C#N)=C/c1ccccc1OCc1ccc(Br)cc1. The van der Waals surface area contributed by atoms with E-state index in [-0.39, 0.29) is 17.5 Å². The summed E-state index contributed by atoms with van der Waals surface area (Å²) in [6.07, 6.45) is 6.02. The number of ether oxygens (including phenoxy) is 1. The summed E-state index contributed by atoms with van der Waals surface area (Å²) in [5, 5.41) is 12.6. The van der Waals surface area contributed by atoms with E-state index in [0.29, 0.717) is 23.8 Å². The summed E-state index contributed by atoms with van der Waals surface area (Å²) in [6, 6.07) is 17.5. The number of halogens is 1. The first kappa shape index (κ1) is 21.1. The van der Waals surface area contributed by atoms with Crippen LogP contribution in [0.4, 0.5) is 0 Å². The number of nitrogens with one attached hydrogen (secondary N) is 1. The molecule has 0 radical (unpaired) electrons. The normalized spacial score (nSPS) is 19.3. The molecule has 3 rings (SSSR count). The maximum absolute atomic E-state index is 12.7. The average Bonchev–Trinajstić information content (AvgIpc) is 2.74. The Hall–Kier alpha value is -2.58. The van der Waals surface area contributed by atoms with Crippen molar-refractivity contribution >= 4 is 27.9 Å². The highest BCUT2D eigenvalue weighted by Gasteiger charge is 2.24. The van der Waals surface area contributed by atoms with Gasteiger partial charge in [0.2, 0.25) is 0 Å². The fraction of sp³-hybridized carbons (Fsp3) is 0.333. The third-order valence-corrected chi connectivity index (χ3v) is 5.85. The lowest BCUT2D eigenvalue weighted by atomic mass is 9.86. The molecule has 1 aliphatic carbocycles. The molecule has 1 amide bonds. The summed E-state index contributed by atoms with van der Waals surface area (Å²) in [5.74, 6) is 0.769. The summed E-state index contributed by atoms with van der Waals surface area (Å²) in [6.45, 7) is 2.57. The largest absolute Gasteiger partial charge is 0.488 e. The fourth-order valence-corrected chi connectivity index (χ4v) is 3.82. The molecule has 0 heterocycles. The Morgan fingerprint density at radius 1 is 1.21 bits per heavy atom. The monoisotopic (exact) mass is 452 g/mol. The number of benzene rings is 2. The number of carbonyl (C=O) groups excluding carboxylic acids is 1. The first-order valence-corrected chi connectivity index (χ1v) is 10.7. The lowest BCUT2D eigenvalue weighted by Crippen LogP contribution is -2.41. The van der Waals surface area contributed by atoms with Gasteiger partial charge in [-0.05, 0) is 48.6 Å². The lowest BCUT2D eigenvalue weighted by molar-refractivity contribution is -0.118. The van der Waals surface area contributed by atoms with Gasteiger partial charge in [-0.2, -0.15) is 5.26 Å². The predicted molar refractivity (Wildman–Crippen MR) is 118 cm³/mol. The molecule has 0 bridgehead atoms. The van der Waals surface area contributed by atoms with Crippen LogP contribution in [0, 0.1) is 17.2 Å². The summed E-state index contributed by atoms with van der Waals surface area (Å²) < 4.78 is 6.97. The molecule has 1 aliphatic rings. The number of carbonyl (C=O) groups is 1. The first-order valence-electron chi connectivity index (χ1n) is 9.95. The van der Waals surface area contributed by atoms with Crippen LogP contribution < -0.4 is 10.1 Å². The van der Waals surface area contributed by atoms with Crippen LogP contribution >= 0.6 is 15.9 Å². The van der Waals surface area contributed by atoms with Gasteiger partial charge < -0.3 is 10.1 Å². The minimum Gasteiger partial charge on any atom is -0.488 e. The Morgan fingerprint density at radius 3 is 2.66 bits per heavy atom. The number of para-hydroxylation sites is 1. The number of rotatable bonds is 6. The van der Waals surface area contributed by atoms with E-state index < -0.39 is 0 Å². The summed E-state index contributed by atoms with van der Waals surface area (Å²) in [7, 11) is 0. The molecule has 1 saturated carbocycles. The summed E-state index contributed by atoms with van der Waals surface area (Å²) in [4.78, 5) is 12.7. The van der Waals surface area contributed by atoms with E-state index >= 15 is 0 Å². The molecular formula is C24H25BrN2O2. The Kier molecular flexibility index (Phi) is 7.48. The number of hydrogen-bond donors (Lipinski definition) is 1. The third-order valence-electron chi connectivity index (χ3n) is 5.32. The van der Waals surface area contributed by atoms with Crippen molar-refractivity contribution in [1.29, 1.82) is 5.26 Å². The van der Waals surface area contributed by atoms with Crippen molar-refractivity contribution < 1.29 is 9.53 Å². The molecule has 4 nitrogen and oxygen atoms in total. The molecule has 2 aromatic carbocycles. The fourth-order valence-electron chi connectivity index (χ4n) is 3.55. The zero-order valence-electron chi connectivity index (χ0n) is 16.5. The highest BCUT2D eigenvalue weighted by atomic mass is 79.9. The van der Waals surface area contributed by atoms with Gasteiger partial charge in [0.25, 0.3) is 5.91 Å². The van der Waals surface area contributed by atoms with Gasteiger partial charge in [-0.1, -0.05) is 66.0 Å². The van der Waals surface area contributed by atoms with Crippen molar-refractivity contribution in [2.75, 3.05) is 0 Å². The minimum absolute atomic E-state index is 0.0995. The maximum Gasteiger partial charge on any atom is 0.262 e. The molecule has 29 heavy (non-hydrogen) atoms. The van der Waals surface area contributed by atoms with E-state index in [2.05, 4.69) is 34.2 Å². The van der Waals surface area contributed by atoms with Gasteiger partial charge in [-0.25, -0.2) is 0 Å². The summed E-state index contributed by atoms with van der Waals surface area (Å²) in [5.41, 5.74) is 1.85. The van der Waals surface area contributed by atoms with Crippen LogP contribution in [-0.2, 0) is 11.4 Å². The van der Waals surface area contributed by atoms with E-state index in [9.17, 15) is 10.1 Å². The van der Waals surface area contributed by atoms with Gasteiger partial charge >= 0.3 is 0 Å². The molecule has 1 N–H and O–H groups in total. The van der Waals surface area contributed by atoms with Crippen molar-refractivity contribution in [2.45, 2.75) is 45.3 Å². The van der Waals surface area contributed by atoms with Crippen LogP contribution in [0.2, 0.25) is 0 Å². The molecule has 0 saturated heterocycles. The number of hydrogen-bond acceptors (Lipinski definition) is 3. The van der Waals surface area contributed by atoms with E-state index in [1.54, 1.807) is 6.08 Å². The smallest absolute Gasteiger partial charge is 0.262 e. The minimum atomic E-state index is -0.311. The first-order chi connectivity index (χ1) is 14.1. The zero-order chi connectivity index (χ0) is 20.6. The van der Waals surface area contributed by atoms with Crippen LogP contribution in [-0.4, -0.2) is 11.9 Å². The summed E-state index contributed by atoms with van der Waals surface area (Å²) >= 11 is 3.42. The van der Waals surface area contributed by atoms with Crippen LogP contribution in [0.25, 0.3) is 6.08 Å². The van der Waals surface area contributed by atoms with Gasteiger partial charge in [-0.3, -0.25) is 4.79 Å². The van der Waals surface area contributed by atoms with Gasteiger partial charge in [0.1, 0.15) is 24.0 Å². The Morgan fingerprint density at radius 2 is 1.93 bits per heavy atom. The molecule has 2 atom stereocenters. The van der Waals surface area contributed by atoms with Crippen LogP contribution in [0.3, 0.4) is 0 Å². The standard InChI is InChI=1S/C24H25BrN2O2/c1-17-6-2-4-8-22(17)27-24(28)20(15-26)14-19-7-3-5-9-23(19)29-16-18-10-12-21(25)13-11-18/h3,5,7,9-14,17,22H,2,4,6,8,16H2,1H3,(H,27,28)/b20-14+/t17-,22-/m1/s1. The van der Waals surface area contributed by atoms with Gasteiger partial charge in [0.15, 0.2) is 0 Å². The number of nitriles is 1. The highest BCUT2D eigenvalue weighted by molar-refractivity contribution is 9.10. The average molecular weight is 453 g/mol. The van der Waals surface area contributed by atoms with E-state index in [4.69, 9.17) is 4.74 Å². The second kappa shape index (κ2) is 10.3.